The van der Waals surface area contributed by atoms with Crippen molar-refractivity contribution in [3.63, 3.8) is 0 Å². The summed E-state index contributed by atoms with van der Waals surface area (Å²) in [5.41, 5.74) is 2.89. The van der Waals surface area contributed by atoms with Gasteiger partial charge in [-0.1, -0.05) is 0 Å². The van der Waals surface area contributed by atoms with E-state index in [1.165, 1.54) is 19.4 Å². The third-order valence-corrected chi connectivity index (χ3v) is 4.99. The number of nitriles is 1. The Morgan fingerprint density at radius 2 is 1.88 bits per heavy atom. The Morgan fingerprint density at radius 1 is 1.06 bits per heavy atom. The molecule has 0 fully saturated rings. The fourth-order valence-electron chi connectivity index (χ4n) is 3.38. The van der Waals surface area contributed by atoms with Crippen LogP contribution in [0.5, 0.6) is 17.2 Å². The Bertz CT molecular complexity index is 1320. The Hall–Kier alpha value is -4.23. The molecule has 0 saturated carbocycles. The molecule has 0 radical (unpaired) electrons. The van der Waals surface area contributed by atoms with Crippen LogP contribution < -0.4 is 19.5 Å². The van der Waals surface area contributed by atoms with Gasteiger partial charge in [-0.25, -0.2) is 4.39 Å². The molecule has 4 aromatic rings. The maximum Gasteiger partial charge on any atom is 0.165 e. The van der Waals surface area contributed by atoms with E-state index in [2.05, 4.69) is 21.5 Å². The maximum absolute atomic E-state index is 13.9. The number of ether oxygens (including phenoxy) is 4. The Morgan fingerprint density at radius 3 is 2.61 bits per heavy atom. The third-order valence-electron chi connectivity index (χ3n) is 4.99. The molecule has 0 aliphatic carbocycles. The fraction of sp³-hybridized carbons (Fsp3) is 0.217. The topological polar surface area (TPSA) is 106 Å². The van der Waals surface area contributed by atoms with Gasteiger partial charge in [0.05, 0.1) is 32.7 Å². The predicted octanol–water partition coefficient (Wildman–Crippen LogP) is 4.13. The molecule has 0 bridgehead atoms. The molecule has 0 aliphatic rings. The molecule has 0 amide bonds. The minimum atomic E-state index is -0.470. The lowest BCUT2D eigenvalue weighted by Gasteiger charge is -2.13. The van der Waals surface area contributed by atoms with Gasteiger partial charge in [-0.2, -0.15) is 14.9 Å². The molecule has 9 nitrogen and oxygen atoms in total. The van der Waals surface area contributed by atoms with E-state index in [0.717, 1.165) is 5.56 Å². The molecule has 4 rings (SSSR count). The average molecular weight is 451 g/mol. The SMILES string of the molecule is COCCOc1ccc(-c2[nH]c3c(C#N)cnn3c2Nc2ccc(F)c(OC)c2)cc1OC. The van der Waals surface area contributed by atoms with E-state index >= 15 is 0 Å². The summed E-state index contributed by atoms with van der Waals surface area (Å²) in [5.74, 6) is 1.29. The second kappa shape index (κ2) is 9.50. The van der Waals surface area contributed by atoms with Crippen molar-refractivity contribution in [2.24, 2.45) is 0 Å². The van der Waals surface area contributed by atoms with E-state index < -0.39 is 5.82 Å². The fourth-order valence-corrected chi connectivity index (χ4v) is 3.38. The summed E-state index contributed by atoms with van der Waals surface area (Å²) in [5, 5.41) is 17.0. The molecule has 0 atom stereocenters. The summed E-state index contributed by atoms with van der Waals surface area (Å²) in [4.78, 5) is 3.26. The summed E-state index contributed by atoms with van der Waals surface area (Å²) in [6.45, 7) is 0.831. The molecular formula is C23H22FN5O4. The van der Waals surface area contributed by atoms with Crippen LogP contribution in [0.25, 0.3) is 16.9 Å². The van der Waals surface area contributed by atoms with Crippen LogP contribution >= 0.6 is 0 Å². The zero-order chi connectivity index (χ0) is 23.4. The second-order valence-corrected chi connectivity index (χ2v) is 6.96. The van der Waals surface area contributed by atoms with E-state index in [-0.39, 0.29) is 5.75 Å². The lowest BCUT2D eigenvalue weighted by Crippen LogP contribution is -2.05. The third kappa shape index (κ3) is 4.26. The van der Waals surface area contributed by atoms with Gasteiger partial charge in [0.2, 0.25) is 0 Å². The van der Waals surface area contributed by atoms with Crippen molar-refractivity contribution in [3.8, 4) is 34.6 Å². The quantitative estimate of drug-likeness (QED) is 0.369. The number of aromatic nitrogens is 3. The van der Waals surface area contributed by atoms with E-state index in [9.17, 15) is 9.65 Å². The summed E-state index contributed by atoms with van der Waals surface area (Å²) in [7, 11) is 4.56. The highest BCUT2D eigenvalue weighted by Gasteiger charge is 2.19. The number of imidazole rings is 1. The number of nitrogens with zero attached hydrogens (tertiary/aromatic N) is 3. The lowest BCUT2D eigenvalue weighted by molar-refractivity contribution is 0.144. The minimum absolute atomic E-state index is 0.103. The number of H-pyrrole nitrogens is 1. The Labute approximate surface area is 189 Å². The minimum Gasteiger partial charge on any atom is -0.494 e. The first-order valence-corrected chi connectivity index (χ1v) is 10.00. The number of rotatable bonds is 9. The van der Waals surface area contributed by atoms with Crippen molar-refractivity contribution < 1.29 is 23.3 Å². The van der Waals surface area contributed by atoms with Gasteiger partial charge < -0.3 is 29.2 Å². The molecule has 0 aliphatic heterocycles. The van der Waals surface area contributed by atoms with Crippen LogP contribution in [0.4, 0.5) is 15.9 Å². The van der Waals surface area contributed by atoms with Crippen LogP contribution in [0, 0.1) is 17.1 Å². The highest BCUT2D eigenvalue weighted by Crippen LogP contribution is 2.37. The van der Waals surface area contributed by atoms with Gasteiger partial charge in [-0.15, -0.1) is 0 Å². The molecule has 170 valence electrons. The molecule has 33 heavy (non-hydrogen) atoms. The van der Waals surface area contributed by atoms with Crippen LogP contribution in [-0.2, 0) is 4.74 Å². The van der Waals surface area contributed by atoms with Crippen LogP contribution in [0.1, 0.15) is 5.56 Å². The standard InChI is InChI=1S/C23H22FN5O4/c1-30-8-9-33-18-7-4-14(10-20(18)32-3)21-23(29-22(28-21)15(12-25)13-26-29)27-16-5-6-17(24)19(11-16)31-2/h4-7,10-11,13,27-28H,8-9H2,1-3H3. The highest BCUT2D eigenvalue weighted by molar-refractivity contribution is 5.82. The summed E-state index contributed by atoms with van der Waals surface area (Å²) >= 11 is 0. The summed E-state index contributed by atoms with van der Waals surface area (Å²) < 4.78 is 36.8. The van der Waals surface area contributed by atoms with Crippen molar-refractivity contribution in [3.05, 3.63) is 54.0 Å². The maximum atomic E-state index is 13.9. The lowest BCUT2D eigenvalue weighted by atomic mass is 10.1. The highest BCUT2D eigenvalue weighted by atomic mass is 19.1. The molecule has 2 N–H and O–H groups in total. The van der Waals surface area contributed by atoms with Crippen molar-refractivity contribution in [1.29, 1.82) is 5.26 Å². The van der Waals surface area contributed by atoms with Crippen molar-refractivity contribution in [2.75, 3.05) is 39.9 Å². The monoisotopic (exact) mass is 451 g/mol. The number of anilines is 2. The first kappa shape index (κ1) is 22.0. The van der Waals surface area contributed by atoms with Gasteiger partial charge in [-0.3, -0.25) is 0 Å². The number of halogens is 1. The largest absolute Gasteiger partial charge is 0.494 e. The summed E-state index contributed by atoms with van der Waals surface area (Å²) in [6, 6.07) is 12.0. The average Bonchev–Trinajstić information content (AvgIpc) is 3.40. The van der Waals surface area contributed by atoms with Gasteiger partial charge in [0.1, 0.15) is 18.2 Å². The van der Waals surface area contributed by atoms with Gasteiger partial charge >= 0.3 is 0 Å². The Kier molecular flexibility index (Phi) is 6.33. The van der Waals surface area contributed by atoms with Gasteiger partial charge in [0, 0.05) is 24.4 Å². The molecular weight excluding hydrogens is 429 g/mol. The van der Waals surface area contributed by atoms with Crippen LogP contribution in [0.3, 0.4) is 0 Å². The van der Waals surface area contributed by atoms with E-state index in [4.69, 9.17) is 18.9 Å². The number of hydrogen-bond donors (Lipinski definition) is 2. The second-order valence-electron chi connectivity index (χ2n) is 6.96. The first-order valence-electron chi connectivity index (χ1n) is 10.00. The molecule has 2 aromatic carbocycles. The van der Waals surface area contributed by atoms with E-state index in [0.29, 0.717) is 53.1 Å². The van der Waals surface area contributed by atoms with Crippen molar-refractivity contribution >= 4 is 17.2 Å². The van der Waals surface area contributed by atoms with E-state index in [1.807, 2.05) is 12.1 Å². The van der Waals surface area contributed by atoms with Crippen LogP contribution in [0.15, 0.2) is 42.6 Å². The van der Waals surface area contributed by atoms with E-state index in [1.54, 1.807) is 36.9 Å². The number of fused-ring (bicyclic) bond motifs is 1. The Balaban J connectivity index is 1.79. The van der Waals surface area contributed by atoms with Crippen molar-refractivity contribution in [2.45, 2.75) is 0 Å². The van der Waals surface area contributed by atoms with Crippen molar-refractivity contribution in [1.82, 2.24) is 14.6 Å². The van der Waals surface area contributed by atoms with Crippen LogP contribution in [0.2, 0.25) is 0 Å². The van der Waals surface area contributed by atoms with Crippen LogP contribution in [-0.4, -0.2) is 49.1 Å². The van der Waals surface area contributed by atoms with Gasteiger partial charge in [-0.05, 0) is 30.3 Å². The molecule has 0 unspecified atom stereocenters. The first-order chi connectivity index (χ1) is 16.1. The molecule has 2 heterocycles. The normalized spacial score (nSPS) is 10.8. The van der Waals surface area contributed by atoms with Gasteiger partial charge in [0.15, 0.2) is 34.5 Å². The molecule has 0 saturated heterocycles. The number of aromatic amines is 1. The molecule has 2 aromatic heterocycles. The number of benzene rings is 2. The summed E-state index contributed by atoms with van der Waals surface area (Å²) in [6.07, 6.45) is 1.47. The number of nitrogens with one attached hydrogen (secondary N) is 2. The number of methoxy groups -OCH3 is 3. The zero-order valence-corrected chi connectivity index (χ0v) is 18.3. The predicted molar refractivity (Wildman–Crippen MR) is 120 cm³/mol. The smallest absolute Gasteiger partial charge is 0.165 e. The van der Waals surface area contributed by atoms with Gasteiger partial charge in [0.25, 0.3) is 0 Å². The molecule has 10 heteroatoms. The zero-order valence-electron chi connectivity index (χ0n) is 18.3. The number of hydrogen-bond acceptors (Lipinski definition) is 7. The molecule has 0 spiro atoms.